The topological polar surface area (TPSA) is 54.4 Å². The Labute approximate surface area is 137 Å². The number of benzene rings is 1. The van der Waals surface area contributed by atoms with Gasteiger partial charge in [0.05, 0.1) is 14.4 Å². The molecule has 0 radical (unpaired) electrons. The van der Waals surface area contributed by atoms with Crippen molar-refractivity contribution in [3.8, 4) is 0 Å². The summed E-state index contributed by atoms with van der Waals surface area (Å²) in [6, 6.07) is 5.01. The molecule has 0 fully saturated rings. The van der Waals surface area contributed by atoms with Crippen LogP contribution in [0.15, 0.2) is 29.7 Å². The Morgan fingerprint density at radius 2 is 1.64 bits per heavy atom. The maximum Gasteiger partial charge on any atom is 0.294 e. The van der Waals surface area contributed by atoms with Gasteiger partial charge < -0.3 is 0 Å². The Morgan fingerprint density at radius 1 is 1.14 bits per heavy atom. The molecule has 5 heteroatoms. The van der Waals surface area contributed by atoms with Gasteiger partial charge in [-0.1, -0.05) is 66.3 Å². The first-order valence-electron chi connectivity index (χ1n) is 7.50. The molecule has 0 spiro atoms. The summed E-state index contributed by atoms with van der Waals surface area (Å²) >= 11 is 0. The Bertz CT molecular complexity index is 635. The van der Waals surface area contributed by atoms with E-state index in [1.165, 1.54) is 6.07 Å². The predicted octanol–water partition coefficient (Wildman–Crippen LogP) is 3.25. The Balaban J connectivity index is 3.52. The molecule has 0 saturated carbocycles. The molecule has 1 aromatic carbocycles. The predicted molar refractivity (Wildman–Crippen MR) is 97.2 cm³/mol. The average Bonchev–Trinajstić information content (AvgIpc) is 2.31. The number of rotatable bonds is 4. The van der Waals surface area contributed by atoms with Crippen molar-refractivity contribution in [1.29, 1.82) is 0 Å². The van der Waals surface area contributed by atoms with Crippen LogP contribution in [0.4, 0.5) is 0 Å². The van der Waals surface area contributed by atoms with E-state index in [9.17, 15) is 13.0 Å². The zero-order valence-corrected chi connectivity index (χ0v) is 16.7. The second-order valence-electron chi connectivity index (χ2n) is 7.99. The molecule has 0 atom stereocenters. The van der Waals surface area contributed by atoms with Crippen LogP contribution in [-0.4, -0.2) is 22.5 Å². The molecule has 1 aromatic rings. The van der Waals surface area contributed by atoms with Gasteiger partial charge in [-0.05, 0) is 33.2 Å². The van der Waals surface area contributed by atoms with E-state index in [0.717, 1.165) is 10.8 Å². The van der Waals surface area contributed by atoms with Crippen LogP contribution < -0.4 is 5.19 Å². The third kappa shape index (κ3) is 4.54. The van der Waals surface area contributed by atoms with E-state index < -0.39 is 19.6 Å². The highest BCUT2D eigenvalue weighted by Gasteiger charge is 2.36. The number of hydrogen-bond acceptors (Lipinski definition) is 2. The summed E-state index contributed by atoms with van der Waals surface area (Å²) in [4.78, 5) is 0.0510. The molecule has 3 nitrogen and oxygen atoms in total. The van der Waals surface area contributed by atoms with E-state index in [1.807, 2.05) is 6.07 Å². The van der Waals surface area contributed by atoms with E-state index in [-0.39, 0.29) is 15.7 Å². The first-order chi connectivity index (χ1) is 9.78. The van der Waals surface area contributed by atoms with Gasteiger partial charge in [0.2, 0.25) is 0 Å². The number of hydrogen-bond donors (Lipinski definition) is 1. The maximum absolute atomic E-state index is 11.7. The van der Waals surface area contributed by atoms with Crippen LogP contribution >= 0.6 is 0 Å². The minimum absolute atomic E-state index is 0.0510. The van der Waals surface area contributed by atoms with Crippen LogP contribution in [0, 0.1) is 10.8 Å². The lowest BCUT2D eigenvalue weighted by Gasteiger charge is -2.41. The van der Waals surface area contributed by atoms with Crippen molar-refractivity contribution in [3.63, 3.8) is 0 Å². The van der Waals surface area contributed by atoms with E-state index in [1.54, 1.807) is 12.1 Å². The minimum atomic E-state index is -4.22. The van der Waals surface area contributed by atoms with Crippen molar-refractivity contribution in [2.45, 2.75) is 52.0 Å². The van der Waals surface area contributed by atoms with Gasteiger partial charge in [0.1, 0.15) is 0 Å². The van der Waals surface area contributed by atoms with Gasteiger partial charge in [0.15, 0.2) is 0 Å². The van der Waals surface area contributed by atoms with E-state index >= 15 is 0 Å². The van der Waals surface area contributed by atoms with E-state index in [2.05, 4.69) is 48.1 Å². The van der Waals surface area contributed by atoms with Crippen LogP contribution in [-0.2, 0) is 10.1 Å². The van der Waals surface area contributed by atoms with Gasteiger partial charge in [0.25, 0.3) is 10.1 Å². The Kier molecular flexibility index (Phi) is 5.48. The quantitative estimate of drug-likeness (QED) is 0.676. The van der Waals surface area contributed by atoms with Crippen LogP contribution in [0.25, 0.3) is 6.08 Å². The lowest BCUT2D eigenvalue weighted by atomic mass is 9.77. The molecule has 22 heavy (non-hydrogen) atoms. The molecule has 1 N–H and O–H groups in total. The smallest absolute Gasteiger partial charge is 0.282 e. The van der Waals surface area contributed by atoms with Crippen LogP contribution in [0.5, 0.6) is 0 Å². The molecule has 0 heterocycles. The van der Waals surface area contributed by atoms with Crippen LogP contribution in [0.3, 0.4) is 0 Å². The monoisotopic (exact) mass is 340 g/mol. The molecule has 0 aromatic heterocycles. The molecular weight excluding hydrogens is 312 g/mol. The molecule has 0 unspecified atom stereocenters. The summed E-state index contributed by atoms with van der Waals surface area (Å²) in [6.07, 6.45) is 1.68. The van der Waals surface area contributed by atoms with E-state index in [4.69, 9.17) is 0 Å². The Hall–Kier alpha value is -0.913. The van der Waals surface area contributed by atoms with Crippen molar-refractivity contribution >= 4 is 30.9 Å². The molecule has 0 aliphatic carbocycles. The molecule has 124 valence electrons. The molecular formula is C17H28O3SSi. The molecule has 1 rings (SSSR count). The van der Waals surface area contributed by atoms with Crippen molar-refractivity contribution in [2.24, 2.45) is 10.8 Å². The second kappa shape index (κ2) is 6.30. The highest BCUT2D eigenvalue weighted by atomic mass is 32.2. The van der Waals surface area contributed by atoms with Crippen molar-refractivity contribution in [3.05, 3.63) is 30.3 Å². The van der Waals surface area contributed by atoms with Crippen molar-refractivity contribution < 1.29 is 13.0 Å². The highest BCUT2D eigenvalue weighted by molar-refractivity contribution is 7.86. The highest BCUT2D eigenvalue weighted by Crippen LogP contribution is 2.44. The summed E-state index contributed by atoms with van der Waals surface area (Å²) in [5.74, 6) is 0. The zero-order valence-electron chi connectivity index (χ0n) is 14.5. The molecule has 0 bridgehead atoms. The summed E-state index contributed by atoms with van der Waals surface area (Å²) in [7, 11) is -5.18. The molecule has 0 aliphatic heterocycles. The summed E-state index contributed by atoms with van der Waals surface area (Å²) in [5.41, 5.74) is 1.33. The minimum Gasteiger partial charge on any atom is -0.282 e. The summed E-state index contributed by atoms with van der Waals surface area (Å²) in [5, 5.41) is 0.787. The van der Waals surface area contributed by atoms with Gasteiger partial charge in [-0.3, -0.25) is 4.55 Å². The van der Waals surface area contributed by atoms with Gasteiger partial charge in [0, 0.05) is 0 Å². The second-order valence-corrected chi connectivity index (χ2v) is 11.3. The molecule has 0 aliphatic rings. The van der Waals surface area contributed by atoms with Crippen LogP contribution in [0.2, 0.25) is 5.54 Å². The molecule has 0 amide bonds. The summed E-state index contributed by atoms with van der Waals surface area (Å²) < 4.78 is 33.1. The zero-order chi connectivity index (χ0) is 17.3. The standard InChI is InChI=1S/C17H28O3SSi/c1-8-12-10-9-11-13(21(18,19)20)14(12)22-15(16(2,3)4)17(5,6)7/h8-11,15H,1,22H2,2-7H3,(H,18,19,20). The van der Waals surface area contributed by atoms with Gasteiger partial charge >= 0.3 is 0 Å². The van der Waals surface area contributed by atoms with E-state index in [0.29, 0.717) is 5.54 Å². The van der Waals surface area contributed by atoms with Gasteiger partial charge in [-0.15, -0.1) is 0 Å². The Morgan fingerprint density at radius 3 is 2.00 bits per heavy atom. The SMILES string of the molecule is C=Cc1cccc(S(=O)(=O)O)c1[SiH2]C(C(C)(C)C)C(C)(C)C. The average molecular weight is 341 g/mol. The van der Waals surface area contributed by atoms with Crippen LogP contribution in [0.1, 0.15) is 47.1 Å². The first kappa shape index (κ1) is 19.1. The fraction of sp³-hybridized carbons (Fsp3) is 0.529. The van der Waals surface area contributed by atoms with Crippen molar-refractivity contribution in [2.75, 3.05) is 0 Å². The first-order valence-corrected chi connectivity index (χ1v) is 10.5. The van der Waals surface area contributed by atoms with Crippen molar-refractivity contribution in [1.82, 2.24) is 0 Å². The third-order valence-electron chi connectivity index (χ3n) is 4.17. The fourth-order valence-electron chi connectivity index (χ4n) is 3.35. The lowest BCUT2D eigenvalue weighted by Crippen LogP contribution is -2.39. The van der Waals surface area contributed by atoms with Gasteiger partial charge in [-0.2, -0.15) is 8.42 Å². The van der Waals surface area contributed by atoms with Gasteiger partial charge in [-0.25, -0.2) is 0 Å². The largest absolute Gasteiger partial charge is 0.294 e. The molecule has 0 saturated heterocycles. The third-order valence-corrected chi connectivity index (χ3v) is 9.42. The normalized spacial score (nSPS) is 14.0. The fourth-order valence-corrected chi connectivity index (χ4v) is 7.28. The summed E-state index contributed by atoms with van der Waals surface area (Å²) in [6.45, 7) is 17.0. The lowest BCUT2D eigenvalue weighted by molar-refractivity contribution is 0.233. The maximum atomic E-state index is 11.7.